The lowest BCUT2D eigenvalue weighted by atomic mass is 9.69. The molecule has 1 N–H and O–H groups in total. The Kier molecular flexibility index (Phi) is 3.77. The number of hydrogen-bond donors (Lipinski definition) is 1. The Morgan fingerprint density at radius 2 is 1.53 bits per heavy atom. The molecular weight excluding hydrogens is 240 g/mol. The van der Waals surface area contributed by atoms with E-state index in [-0.39, 0.29) is 0 Å². The van der Waals surface area contributed by atoms with Crippen LogP contribution in [0.5, 0.6) is 11.5 Å². The summed E-state index contributed by atoms with van der Waals surface area (Å²) < 4.78 is 10.6. The van der Waals surface area contributed by atoms with Gasteiger partial charge in [-0.3, -0.25) is 0 Å². The van der Waals surface area contributed by atoms with Gasteiger partial charge < -0.3 is 14.6 Å². The average Bonchev–Trinajstić information content (AvgIpc) is 2.41. The van der Waals surface area contributed by atoms with Gasteiger partial charge in [-0.25, -0.2) is 0 Å². The van der Waals surface area contributed by atoms with Crippen molar-refractivity contribution in [1.29, 1.82) is 0 Å². The monoisotopic (exact) mass is 264 g/mol. The summed E-state index contributed by atoms with van der Waals surface area (Å²) in [6.07, 6.45) is 3.68. The summed E-state index contributed by atoms with van der Waals surface area (Å²) in [6.45, 7) is 4.53. The first-order valence-corrected chi connectivity index (χ1v) is 6.85. The van der Waals surface area contributed by atoms with Gasteiger partial charge in [-0.05, 0) is 48.8 Å². The Morgan fingerprint density at radius 1 is 0.947 bits per heavy atom. The fourth-order valence-corrected chi connectivity index (χ4v) is 2.75. The molecule has 1 saturated carbocycles. The van der Waals surface area contributed by atoms with Crippen LogP contribution < -0.4 is 9.47 Å². The second-order valence-electron chi connectivity index (χ2n) is 6.27. The van der Waals surface area contributed by atoms with Gasteiger partial charge in [0.05, 0.1) is 19.8 Å². The van der Waals surface area contributed by atoms with E-state index in [0.29, 0.717) is 16.9 Å². The zero-order valence-corrected chi connectivity index (χ0v) is 12.3. The number of rotatable bonds is 3. The molecule has 2 rings (SSSR count). The molecule has 0 unspecified atom stereocenters. The lowest BCUT2D eigenvalue weighted by Gasteiger charge is -2.40. The Labute approximate surface area is 115 Å². The van der Waals surface area contributed by atoms with Crippen molar-refractivity contribution >= 4 is 0 Å². The Hall–Kier alpha value is -1.22. The van der Waals surface area contributed by atoms with Crippen LogP contribution in [0.4, 0.5) is 0 Å². The standard InChI is InChI=1S/C16H24O3/c1-15(2)7-9-16(17,10-8-15)12-5-6-13(18-3)14(11-12)19-4/h5-6,11,17H,7-10H2,1-4H3. The summed E-state index contributed by atoms with van der Waals surface area (Å²) in [6, 6.07) is 5.71. The summed E-state index contributed by atoms with van der Waals surface area (Å²) in [5, 5.41) is 10.9. The van der Waals surface area contributed by atoms with Gasteiger partial charge in [-0.15, -0.1) is 0 Å². The fourth-order valence-electron chi connectivity index (χ4n) is 2.75. The topological polar surface area (TPSA) is 38.7 Å². The Balaban J connectivity index is 2.26. The molecule has 1 aliphatic rings. The first kappa shape index (κ1) is 14.2. The smallest absolute Gasteiger partial charge is 0.161 e. The molecular formula is C16H24O3. The van der Waals surface area contributed by atoms with Gasteiger partial charge in [-0.2, -0.15) is 0 Å². The number of hydrogen-bond acceptors (Lipinski definition) is 3. The molecule has 3 nitrogen and oxygen atoms in total. The molecule has 0 atom stereocenters. The van der Waals surface area contributed by atoms with Crippen LogP contribution in [0.25, 0.3) is 0 Å². The van der Waals surface area contributed by atoms with E-state index >= 15 is 0 Å². The van der Waals surface area contributed by atoms with E-state index in [1.807, 2.05) is 18.2 Å². The zero-order valence-electron chi connectivity index (χ0n) is 12.3. The third-order valence-electron chi connectivity index (χ3n) is 4.35. The molecule has 1 aromatic rings. The minimum absolute atomic E-state index is 0.336. The van der Waals surface area contributed by atoms with Crippen LogP contribution in [-0.4, -0.2) is 19.3 Å². The van der Waals surface area contributed by atoms with Crippen molar-refractivity contribution in [2.75, 3.05) is 14.2 Å². The molecule has 0 saturated heterocycles. The molecule has 19 heavy (non-hydrogen) atoms. The predicted molar refractivity (Wildman–Crippen MR) is 75.7 cm³/mol. The average molecular weight is 264 g/mol. The summed E-state index contributed by atoms with van der Waals surface area (Å²) in [4.78, 5) is 0. The number of aliphatic hydroxyl groups is 1. The van der Waals surface area contributed by atoms with Crippen molar-refractivity contribution in [3.8, 4) is 11.5 Å². The number of ether oxygens (including phenoxy) is 2. The molecule has 0 aromatic heterocycles. The van der Waals surface area contributed by atoms with E-state index in [2.05, 4.69) is 13.8 Å². The SMILES string of the molecule is COc1ccc(C2(O)CCC(C)(C)CC2)cc1OC. The third-order valence-corrected chi connectivity index (χ3v) is 4.35. The Bertz CT molecular complexity index is 441. The van der Waals surface area contributed by atoms with Gasteiger partial charge in [0.2, 0.25) is 0 Å². The molecule has 0 amide bonds. The molecule has 0 heterocycles. The van der Waals surface area contributed by atoms with Crippen LogP contribution in [0.1, 0.15) is 45.1 Å². The van der Waals surface area contributed by atoms with Gasteiger partial charge in [0.25, 0.3) is 0 Å². The second-order valence-corrected chi connectivity index (χ2v) is 6.27. The largest absolute Gasteiger partial charge is 0.493 e. The molecule has 1 fully saturated rings. The molecule has 3 heteroatoms. The fraction of sp³-hybridized carbons (Fsp3) is 0.625. The highest BCUT2D eigenvalue weighted by molar-refractivity contribution is 5.44. The highest BCUT2D eigenvalue weighted by atomic mass is 16.5. The third kappa shape index (κ3) is 2.86. The normalized spacial score (nSPS) is 20.9. The van der Waals surface area contributed by atoms with Crippen LogP contribution in [0.15, 0.2) is 18.2 Å². The maximum atomic E-state index is 10.9. The lowest BCUT2D eigenvalue weighted by molar-refractivity contribution is -0.0307. The maximum absolute atomic E-state index is 10.9. The zero-order chi connectivity index (χ0) is 14.1. The highest BCUT2D eigenvalue weighted by Gasteiger charge is 2.38. The van der Waals surface area contributed by atoms with E-state index in [1.165, 1.54) is 0 Å². The van der Waals surface area contributed by atoms with Crippen molar-refractivity contribution < 1.29 is 14.6 Å². The minimum Gasteiger partial charge on any atom is -0.493 e. The highest BCUT2D eigenvalue weighted by Crippen LogP contribution is 2.46. The molecule has 0 bridgehead atoms. The number of benzene rings is 1. The van der Waals surface area contributed by atoms with Crippen molar-refractivity contribution in [3.05, 3.63) is 23.8 Å². The van der Waals surface area contributed by atoms with Crippen LogP contribution in [0, 0.1) is 5.41 Å². The second kappa shape index (κ2) is 5.04. The summed E-state index contributed by atoms with van der Waals surface area (Å²) >= 11 is 0. The molecule has 0 spiro atoms. The quantitative estimate of drug-likeness (QED) is 0.908. The van der Waals surface area contributed by atoms with Gasteiger partial charge >= 0.3 is 0 Å². The van der Waals surface area contributed by atoms with E-state index in [0.717, 1.165) is 31.2 Å². The summed E-state index contributed by atoms with van der Waals surface area (Å²) in [7, 11) is 3.24. The lowest BCUT2D eigenvalue weighted by Crippen LogP contribution is -2.34. The van der Waals surface area contributed by atoms with Gasteiger partial charge in [0, 0.05) is 0 Å². The molecule has 0 radical (unpaired) electrons. The summed E-state index contributed by atoms with van der Waals surface area (Å²) in [5.41, 5.74) is 0.540. The van der Waals surface area contributed by atoms with Crippen LogP contribution in [-0.2, 0) is 5.60 Å². The summed E-state index contributed by atoms with van der Waals surface area (Å²) in [5.74, 6) is 1.38. The van der Waals surface area contributed by atoms with Crippen molar-refractivity contribution in [3.63, 3.8) is 0 Å². The molecule has 1 aromatic carbocycles. The van der Waals surface area contributed by atoms with Gasteiger partial charge in [0.15, 0.2) is 11.5 Å². The van der Waals surface area contributed by atoms with Crippen molar-refractivity contribution in [2.45, 2.75) is 45.1 Å². The van der Waals surface area contributed by atoms with Gasteiger partial charge in [0.1, 0.15) is 0 Å². The van der Waals surface area contributed by atoms with Crippen LogP contribution in [0.2, 0.25) is 0 Å². The first-order chi connectivity index (χ1) is 8.90. The Morgan fingerprint density at radius 3 is 2.05 bits per heavy atom. The first-order valence-electron chi connectivity index (χ1n) is 6.85. The van der Waals surface area contributed by atoms with Gasteiger partial charge in [-0.1, -0.05) is 19.9 Å². The van der Waals surface area contributed by atoms with Crippen molar-refractivity contribution in [2.24, 2.45) is 5.41 Å². The molecule has 0 aliphatic heterocycles. The van der Waals surface area contributed by atoms with Crippen molar-refractivity contribution in [1.82, 2.24) is 0 Å². The number of methoxy groups -OCH3 is 2. The predicted octanol–water partition coefficient (Wildman–Crippen LogP) is 3.49. The van der Waals surface area contributed by atoms with Crippen LogP contribution >= 0.6 is 0 Å². The minimum atomic E-state index is -0.727. The van der Waals surface area contributed by atoms with E-state index < -0.39 is 5.60 Å². The van der Waals surface area contributed by atoms with Crippen LogP contribution in [0.3, 0.4) is 0 Å². The molecule has 106 valence electrons. The maximum Gasteiger partial charge on any atom is 0.161 e. The molecule has 1 aliphatic carbocycles. The van der Waals surface area contributed by atoms with E-state index in [1.54, 1.807) is 14.2 Å². The van der Waals surface area contributed by atoms with E-state index in [4.69, 9.17) is 9.47 Å². The van der Waals surface area contributed by atoms with E-state index in [9.17, 15) is 5.11 Å².